The molecule has 0 atom stereocenters. The van der Waals surface area contributed by atoms with Crippen molar-refractivity contribution >= 4 is 6.09 Å². The van der Waals surface area contributed by atoms with Crippen molar-refractivity contribution < 1.29 is 19.0 Å². The van der Waals surface area contributed by atoms with E-state index in [2.05, 4.69) is 10.6 Å². The highest BCUT2D eigenvalue weighted by molar-refractivity contribution is 5.68. The highest BCUT2D eigenvalue weighted by atomic mass is 19.1. The number of carbonyl (C=O) groups is 1. The third kappa shape index (κ3) is 4.87. The molecule has 0 saturated heterocycles. The summed E-state index contributed by atoms with van der Waals surface area (Å²) < 4.78 is 18.3. The Hall–Kier alpha value is -1.82. The summed E-state index contributed by atoms with van der Waals surface area (Å²) in [6.45, 7) is 5.86. The van der Waals surface area contributed by atoms with Crippen LogP contribution in [0, 0.1) is 5.82 Å². The topological polar surface area (TPSA) is 70.6 Å². The Kier molecular flexibility index (Phi) is 4.90. The summed E-state index contributed by atoms with van der Waals surface area (Å²) in [5.74, 6) is -0.288. The van der Waals surface area contributed by atoms with Gasteiger partial charge in [-0.15, -0.1) is 0 Å². The van der Waals surface area contributed by atoms with Crippen molar-refractivity contribution in [1.29, 1.82) is 0 Å². The molecule has 0 bridgehead atoms. The van der Waals surface area contributed by atoms with Crippen LogP contribution in [0.15, 0.2) is 18.2 Å². The van der Waals surface area contributed by atoms with E-state index in [4.69, 9.17) is 4.74 Å². The van der Waals surface area contributed by atoms with E-state index >= 15 is 0 Å². The average Bonchev–Trinajstić information content (AvgIpc) is 2.33. The molecular weight excluding hydrogens is 287 g/mol. The summed E-state index contributed by atoms with van der Waals surface area (Å²) in [5, 5.41) is 15.7. The molecule has 0 radical (unpaired) electrons. The molecule has 22 heavy (non-hydrogen) atoms. The van der Waals surface area contributed by atoms with E-state index in [9.17, 15) is 14.3 Å². The largest absolute Gasteiger partial charge is 0.508 e. The number of phenols is 1. The van der Waals surface area contributed by atoms with E-state index < -0.39 is 11.7 Å². The minimum absolute atomic E-state index is 0.0802. The average molecular weight is 310 g/mol. The summed E-state index contributed by atoms with van der Waals surface area (Å²) in [6, 6.07) is 4.22. The van der Waals surface area contributed by atoms with Gasteiger partial charge < -0.3 is 20.5 Å². The van der Waals surface area contributed by atoms with Crippen LogP contribution < -0.4 is 10.6 Å². The van der Waals surface area contributed by atoms with Gasteiger partial charge in [0.2, 0.25) is 0 Å². The molecule has 0 unspecified atom stereocenters. The van der Waals surface area contributed by atoms with Crippen LogP contribution in [0.4, 0.5) is 9.18 Å². The second-order valence-corrected chi connectivity index (χ2v) is 6.67. The maximum Gasteiger partial charge on any atom is 0.407 e. The number of amides is 1. The summed E-state index contributed by atoms with van der Waals surface area (Å²) in [5.41, 5.74) is 0.0315. The molecule has 1 aliphatic rings. The lowest BCUT2D eigenvalue weighted by Crippen LogP contribution is -2.52. The molecule has 1 fully saturated rings. The number of hydrogen-bond acceptors (Lipinski definition) is 4. The van der Waals surface area contributed by atoms with Crippen molar-refractivity contribution in [1.82, 2.24) is 10.6 Å². The molecule has 0 aromatic heterocycles. The smallest absolute Gasteiger partial charge is 0.407 e. The highest BCUT2D eigenvalue weighted by Gasteiger charge is 2.31. The molecule has 3 N–H and O–H groups in total. The Balaban J connectivity index is 1.69. The molecule has 1 amide bonds. The van der Waals surface area contributed by atoms with Gasteiger partial charge in [0.25, 0.3) is 0 Å². The number of carbonyl (C=O) groups excluding carboxylic acids is 1. The molecular formula is C16H23FN2O3. The molecule has 1 aromatic carbocycles. The summed E-state index contributed by atoms with van der Waals surface area (Å²) >= 11 is 0. The van der Waals surface area contributed by atoms with Crippen LogP contribution in [0.5, 0.6) is 5.75 Å². The zero-order chi connectivity index (χ0) is 16.3. The number of alkyl carbamates (subject to hydrolysis) is 1. The molecule has 0 aliphatic heterocycles. The second-order valence-electron chi connectivity index (χ2n) is 6.67. The van der Waals surface area contributed by atoms with Crippen LogP contribution >= 0.6 is 0 Å². The Morgan fingerprint density at radius 1 is 1.36 bits per heavy atom. The van der Waals surface area contributed by atoms with Crippen molar-refractivity contribution in [2.24, 2.45) is 0 Å². The number of aromatic hydroxyl groups is 1. The maximum atomic E-state index is 13.1. The number of phenolic OH excluding ortho intramolecular Hbond substituents is 1. The van der Waals surface area contributed by atoms with E-state index in [0.29, 0.717) is 12.1 Å². The van der Waals surface area contributed by atoms with E-state index in [1.807, 2.05) is 20.8 Å². The van der Waals surface area contributed by atoms with E-state index in [1.54, 1.807) is 0 Å². The van der Waals surface area contributed by atoms with Gasteiger partial charge in [-0.2, -0.15) is 0 Å². The minimum atomic E-state index is -0.500. The number of ether oxygens (including phenoxy) is 1. The summed E-state index contributed by atoms with van der Waals surface area (Å²) in [7, 11) is 0. The molecule has 1 aromatic rings. The van der Waals surface area contributed by atoms with E-state index in [1.165, 1.54) is 18.2 Å². The van der Waals surface area contributed by atoms with Crippen molar-refractivity contribution in [2.75, 3.05) is 0 Å². The molecule has 1 aliphatic carbocycles. The number of halogens is 1. The van der Waals surface area contributed by atoms with Crippen molar-refractivity contribution in [2.45, 2.75) is 57.8 Å². The highest BCUT2D eigenvalue weighted by Crippen LogP contribution is 2.23. The zero-order valence-electron chi connectivity index (χ0n) is 13.1. The SMILES string of the molecule is CC(C)(C)OC(=O)NC1CC(NCc2cc(F)ccc2O)C1. The monoisotopic (exact) mass is 310 g/mol. The molecule has 0 spiro atoms. The quantitative estimate of drug-likeness (QED) is 0.799. The van der Waals surface area contributed by atoms with Gasteiger partial charge in [-0.25, -0.2) is 9.18 Å². The molecule has 2 rings (SSSR count). The third-order valence-corrected chi connectivity index (χ3v) is 3.48. The van der Waals surface area contributed by atoms with Gasteiger partial charge in [-0.1, -0.05) is 0 Å². The van der Waals surface area contributed by atoms with Crippen LogP contribution in [-0.2, 0) is 11.3 Å². The fourth-order valence-electron chi connectivity index (χ4n) is 2.33. The lowest BCUT2D eigenvalue weighted by atomic mass is 9.86. The standard InChI is InChI=1S/C16H23FN2O3/c1-16(2,3)22-15(21)19-13-7-12(8-13)18-9-10-6-11(17)4-5-14(10)20/h4-6,12-13,18,20H,7-9H2,1-3H3,(H,19,21). The number of rotatable bonds is 4. The van der Waals surface area contributed by atoms with Crippen LogP contribution in [0.3, 0.4) is 0 Å². The molecule has 6 heteroatoms. The predicted molar refractivity (Wildman–Crippen MR) is 81.1 cm³/mol. The van der Waals surface area contributed by atoms with Crippen molar-refractivity contribution in [3.8, 4) is 5.75 Å². The summed E-state index contributed by atoms with van der Waals surface area (Å²) in [4.78, 5) is 11.6. The Bertz CT molecular complexity index is 537. The Labute approximate surface area is 129 Å². The van der Waals surface area contributed by atoms with Crippen molar-refractivity contribution in [3.63, 3.8) is 0 Å². The third-order valence-electron chi connectivity index (χ3n) is 3.48. The Morgan fingerprint density at radius 3 is 2.68 bits per heavy atom. The molecule has 1 saturated carbocycles. The number of benzene rings is 1. The van der Waals surface area contributed by atoms with Crippen LogP contribution in [0.1, 0.15) is 39.2 Å². The van der Waals surface area contributed by atoms with Gasteiger partial charge in [-0.3, -0.25) is 0 Å². The summed E-state index contributed by atoms with van der Waals surface area (Å²) in [6.07, 6.45) is 1.17. The van der Waals surface area contributed by atoms with Gasteiger partial charge >= 0.3 is 6.09 Å². The van der Waals surface area contributed by atoms with Gasteiger partial charge in [0.05, 0.1) is 0 Å². The first-order chi connectivity index (χ1) is 10.2. The van der Waals surface area contributed by atoms with Crippen LogP contribution in [0.25, 0.3) is 0 Å². The normalized spacial score (nSPS) is 21.1. The van der Waals surface area contributed by atoms with Gasteiger partial charge in [0.1, 0.15) is 17.2 Å². The predicted octanol–water partition coefficient (Wildman–Crippen LogP) is 2.68. The van der Waals surface area contributed by atoms with Gasteiger partial charge in [0, 0.05) is 24.2 Å². The Morgan fingerprint density at radius 2 is 2.05 bits per heavy atom. The molecule has 5 nitrogen and oxygen atoms in total. The fourth-order valence-corrected chi connectivity index (χ4v) is 2.33. The minimum Gasteiger partial charge on any atom is -0.508 e. The first kappa shape index (κ1) is 16.5. The lowest BCUT2D eigenvalue weighted by molar-refractivity contribution is 0.0465. The van der Waals surface area contributed by atoms with Crippen LogP contribution in [-0.4, -0.2) is 28.9 Å². The lowest BCUT2D eigenvalue weighted by Gasteiger charge is -2.36. The molecule has 0 heterocycles. The van der Waals surface area contributed by atoms with Crippen molar-refractivity contribution in [3.05, 3.63) is 29.6 Å². The maximum absolute atomic E-state index is 13.1. The van der Waals surface area contributed by atoms with E-state index in [-0.39, 0.29) is 23.7 Å². The van der Waals surface area contributed by atoms with Gasteiger partial charge in [-0.05, 0) is 51.8 Å². The first-order valence-corrected chi connectivity index (χ1v) is 7.43. The van der Waals surface area contributed by atoms with E-state index in [0.717, 1.165) is 12.8 Å². The zero-order valence-corrected chi connectivity index (χ0v) is 13.1. The first-order valence-electron chi connectivity index (χ1n) is 7.43. The number of nitrogens with one attached hydrogen (secondary N) is 2. The van der Waals surface area contributed by atoms with Crippen LogP contribution in [0.2, 0.25) is 0 Å². The van der Waals surface area contributed by atoms with Gasteiger partial charge in [0.15, 0.2) is 0 Å². The molecule has 122 valence electrons. The number of hydrogen-bond donors (Lipinski definition) is 3. The second kappa shape index (κ2) is 6.52. The fraction of sp³-hybridized carbons (Fsp3) is 0.562.